The molecule has 0 saturated carbocycles. The van der Waals surface area contributed by atoms with Gasteiger partial charge in [0.05, 0.1) is 22.8 Å². The quantitative estimate of drug-likeness (QED) is 0.542. The lowest BCUT2D eigenvalue weighted by Crippen LogP contribution is -2.40. The Labute approximate surface area is 193 Å². The van der Waals surface area contributed by atoms with Gasteiger partial charge in [-0.25, -0.2) is 14.5 Å². The van der Waals surface area contributed by atoms with Crippen LogP contribution in [0.3, 0.4) is 0 Å². The zero-order valence-electron chi connectivity index (χ0n) is 19.4. The van der Waals surface area contributed by atoms with E-state index < -0.39 is 0 Å². The van der Waals surface area contributed by atoms with E-state index >= 15 is 0 Å². The summed E-state index contributed by atoms with van der Waals surface area (Å²) >= 11 is 0. The first kappa shape index (κ1) is 21.7. The van der Waals surface area contributed by atoms with Crippen LogP contribution < -0.4 is 9.47 Å². The van der Waals surface area contributed by atoms with E-state index in [0.29, 0.717) is 41.3 Å². The van der Waals surface area contributed by atoms with Crippen molar-refractivity contribution in [3.8, 4) is 22.8 Å². The average Bonchev–Trinajstić information content (AvgIpc) is 3.27. The second kappa shape index (κ2) is 9.02. The highest BCUT2D eigenvalue weighted by Crippen LogP contribution is 2.35. The van der Waals surface area contributed by atoms with Gasteiger partial charge in [-0.1, -0.05) is 6.92 Å². The lowest BCUT2D eigenvalue weighted by Gasteiger charge is -2.31. The number of benzene rings is 1. The number of fused-ring (bicyclic) bond motifs is 2. The summed E-state index contributed by atoms with van der Waals surface area (Å²) in [5.74, 6) is 1.08. The fourth-order valence-electron chi connectivity index (χ4n) is 4.53. The number of pyridine rings is 1. The second-order valence-electron chi connectivity index (χ2n) is 8.90. The van der Waals surface area contributed by atoms with Crippen LogP contribution in [0.15, 0.2) is 30.5 Å². The first-order valence-electron chi connectivity index (χ1n) is 11.7. The van der Waals surface area contributed by atoms with Crippen molar-refractivity contribution in [1.82, 2.24) is 19.7 Å². The molecule has 0 spiro atoms. The Morgan fingerprint density at radius 3 is 2.82 bits per heavy atom. The molecule has 0 aliphatic carbocycles. The SMILES string of the molecule is CCN1CCCC(OC(=O)c2cc(-c3ccc4c(c3)OCCO4)nc3c2cnn3C(C)C)C1. The zero-order valence-corrected chi connectivity index (χ0v) is 19.4. The van der Waals surface area contributed by atoms with E-state index in [0.717, 1.165) is 43.8 Å². The molecule has 3 aromatic rings. The van der Waals surface area contributed by atoms with Gasteiger partial charge in [-0.15, -0.1) is 0 Å². The van der Waals surface area contributed by atoms with Gasteiger partial charge in [-0.3, -0.25) is 4.90 Å². The number of piperidine rings is 1. The van der Waals surface area contributed by atoms with Crippen molar-refractivity contribution >= 4 is 17.0 Å². The van der Waals surface area contributed by atoms with Crippen molar-refractivity contribution < 1.29 is 19.0 Å². The lowest BCUT2D eigenvalue weighted by atomic mass is 10.1. The molecular formula is C25H30N4O4. The summed E-state index contributed by atoms with van der Waals surface area (Å²) in [4.78, 5) is 20.6. The van der Waals surface area contributed by atoms with E-state index in [1.54, 1.807) is 6.20 Å². The van der Waals surface area contributed by atoms with E-state index in [2.05, 4.69) is 16.9 Å². The maximum atomic E-state index is 13.4. The summed E-state index contributed by atoms with van der Waals surface area (Å²) < 4.78 is 19.2. The van der Waals surface area contributed by atoms with Gasteiger partial charge in [-0.2, -0.15) is 5.10 Å². The number of rotatable bonds is 5. The van der Waals surface area contributed by atoms with Crippen LogP contribution in [0.4, 0.5) is 0 Å². The number of carbonyl (C=O) groups is 1. The van der Waals surface area contributed by atoms with Crippen LogP contribution in [-0.4, -0.2) is 64.6 Å². The predicted octanol–water partition coefficient (Wildman–Crippen LogP) is 4.09. The molecule has 174 valence electrons. The molecule has 1 saturated heterocycles. The van der Waals surface area contributed by atoms with Gasteiger partial charge >= 0.3 is 5.97 Å². The van der Waals surface area contributed by atoms with E-state index in [-0.39, 0.29) is 18.1 Å². The van der Waals surface area contributed by atoms with Crippen LogP contribution >= 0.6 is 0 Å². The minimum Gasteiger partial charge on any atom is -0.486 e. The maximum Gasteiger partial charge on any atom is 0.339 e. The van der Waals surface area contributed by atoms with Crippen molar-refractivity contribution in [2.45, 2.75) is 45.8 Å². The molecule has 5 rings (SSSR count). The summed E-state index contributed by atoms with van der Waals surface area (Å²) in [5, 5.41) is 5.22. The van der Waals surface area contributed by atoms with E-state index in [9.17, 15) is 4.79 Å². The molecule has 0 amide bonds. The Bertz CT molecular complexity index is 1170. The highest BCUT2D eigenvalue weighted by atomic mass is 16.6. The van der Waals surface area contributed by atoms with Crippen molar-refractivity contribution in [3.05, 3.63) is 36.0 Å². The molecule has 1 fully saturated rings. The molecule has 2 aliphatic heterocycles. The second-order valence-corrected chi connectivity index (χ2v) is 8.90. The number of likely N-dealkylation sites (N-methyl/N-ethyl adjacent to an activating group) is 1. The molecule has 8 nitrogen and oxygen atoms in total. The summed E-state index contributed by atoms with van der Waals surface area (Å²) in [6.07, 6.45) is 3.53. The summed E-state index contributed by atoms with van der Waals surface area (Å²) in [5.41, 5.74) is 2.68. The van der Waals surface area contributed by atoms with Gasteiger partial charge in [0.1, 0.15) is 19.3 Å². The Morgan fingerprint density at radius 2 is 2.03 bits per heavy atom. The fraction of sp³-hybridized carbons (Fsp3) is 0.480. The number of esters is 1. The first-order valence-corrected chi connectivity index (χ1v) is 11.7. The third kappa shape index (κ3) is 4.27. The average molecular weight is 451 g/mol. The minimum absolute atomic E-state index is 0.103. The van der Waals surface area contributed by atoms with Crippen LogP contribution in [-0.2, 0) is 4.74 Å². The molecule has 4 heterocycles. The molecule has 0 bridgehead atoms. The minimum atomic E-state index is -0.326. The number of hydrogen-bond acceptors (Lipinski definition) is 7. The smallest absolute Gasteiger partial charge is 0.339 e. The van der Waals surface area contributed by atoms with Gasteiger partial charge < -0.3 is 14.2 Å². The molecule has 33 heavy (non-hydrogen) atoms. The molecular weight excluding hydrogens is 420 g/mol. The molecule has 2 aliphatic rings. The third-order valence-electron chi connectivity index (χ3n) is 6.30. The van der Waals surface area contributed by atoms with Gasteiger partial charge in [-0.05, 0) is 64.0 Å². The first-order chi connectivity index (χ1) is 16.0. The van der Waals surface area contributed by atoms with Gasteiger partial charge in [0.2, 0.25) is 0 Å². The Morgan fingerprint density at radius 1 is 1.21 bits per heavy atom. The van der Waals surface area contributed by atoms with Crippen molar-refractivity contribution in [2.75, 3.05) is 32.8 Å². The summed E-state index contributed by atoms with van der Waals surface area (Å²) in [7, 11) is 0. The number of hydrogen-bond donors (Lipinski definition) is 0. The molecule has 2 aromatic heterocycles. The van der Waals surface area contributed by atoms with Gasteiger partial charge in [0.15, 0.2) is 17.1 Å². The van der Waals surface area contributed by atoms with E-state index in [1.165, 1.54) is 0 Å². The van der Waals surface area contributed by atoms with Crippen LogP contribution in [0.5, 0.6) is 11.5 Å². The summed E-state index contributed by atoms with van der Waals surface area (Å²) in [6, 6.07) is 7.64. The lowest BCUT2D eigenvalue weighted by molar-refractivity contribution is 0.00794. The molecule has 1 unspecified atom stereocenters. The normalized spacial score (nSPS) is 18.6. The van der Waals surface area contributed by atoms with Crippen molar-refractivity contribution in [1.29, 1.82) is 0 Å². The Hall–Kier alpha value is -3.13. The highest BCUT2D eigenvalue weighted by molar-refractivity contribution is 6.04. The number of aromatic nitrogens is 3. The van der Waals surface area contributed by atoms with Crippen LogP contribution in [0, 0.1) is 0 Å². The van der Waals surface area contributed by atoms with Gasteiger partial charge in [0, 0.05) is 18.2 Å². The number of likely N-dealkylation sites (tertiary alicyclic amines) is 1. The van der Waals surface area contributed by atoms with Gasteiger partial charge in [0.25, 0.3) is 0 Å². The van der Waals surface area contributed by atoms with Crippen LogP contribution in [0.1, 0.15) is 50.0 Å². The topological polar surface area (TPSA) is 78.7 Å². The Balaban J connectivity index is 1.54. The monoisotopic (exact) mass is 450 g/mol. The Kier molecular flexibility index (Phi) is 5.93. The van der Waals surface area contributed by atoms with Crippen LogP contribution in [0.2, 0.25) is 0 Å². The predicted molar refractivity (Wildman–Crippen MR) is 125 cm³/mol. The van der Waals surface area contributed by atoms with E-state index in [1.807, 2.05) is 42.8 Å². The molecule has 0 N–H and O–H groups in total. The largest absolute Gasteiger partial charge is 0.486 e. The maximum absolute atomic E-state index is 13.4. The zero-order chi connectivity index (χ0) is 22.9. The van der Waals surface area contributed by atoms with Crippen molar-refractivity contribution in [2.24, 2.45) is 0 Å². The molecule has 1 aromatic carbocycles. The van der Waals surface area contributed by atoms with Crippen molar-refractivity contribution in [3.63, 3.8) is 0 Å². The summed E-state index contributed by atoms with van der Waals surface area (Å²) in [6.45, 7) is 10.1. The molecule has 1 atom stereocenters. The molecule has 0 radical (unpaired) electrons. The number of ether oxygens (including phenoxy) is 3. The number of nitrogens with zero attached hydrogens (tertiary/aromatic N) is 4. The van der Waals surface area contributed by atoms with E-state index in [4.69, 9.17) is 19.2 Å². The third-order valence-corrected chi connectivity index (χ3v) is 6.30. The highest BCUT2D eigenvalue weighted by Gasteiger charge is 2.26. The number of carbonyl (C=O) groups excluding carboxylic acids is 1. The fourth-order valence-corrected chi connectivity index (χ4v) is 4.53. The molecule has 8 heteroatoms. The standard InChI is InChI=1S/C25H30N4O4/c1-4-28-9-5-6-18(15-28)33-25(30)19-13-21(27-24-20(19)14-26-29(24)16(2)3)17-7-8-22-23(12-17)32-11-10-31-22/h7-8,12-14,16,18H,4-6,9-11,15H2,1-3H3. The van der Waals surface area contributed by atoms with Crippen LogP contribution in [0.25, 0.3) is 22.3 Å².